The van der Waals surface area contributed by atoms with Crippen molar-refractivity contribution in [3.63, 3.8) is 0 Å². The van der Waals surface area contributed by atoms with Crippen LogP contribution in [0.3, 0.4) is 0 Å². The zero-order valence-corrected chi connectivity index (χ0v) is 45.1. The molecule has 380 valence electrons. The summed E-state index contributed by atoms with van der Waals surface area (Å²) in [5, 5.41) is 0. The Morgan fingerprint density at radius 3 is 0.962 bits per heavy atom. The minimum Gasteiger partial charge on any atom is -0.311 e. The van der Waals surface area contributed by atoms with E-state index in [1.165, 1.54) is 0 Å². The van der Waals surface area contributed by atoms with E-state index in [1.54, 1.807) is 18.6 Å². The number of nitrogens with zero attached hydrogens (tertiary/aromatic N) is 5. The predicted octanol–water partition coefficient (Wildman–Crippen LogP) is 17.5. The van der Waals surface area contributed by atoms with E-state index >= 15 is 0 Å². The largest absolute Gasteiger partial charge is 3.00 e. The standard InChI is InChI=1S/2C30H21N2O.C11H8N.Ir/c2*33-22-23-12-16-28(17-13-23)32(27-9-2-1-3-10-27)29-18-14-24(15-19-29)25-7-6-8-26(21-25)30-11-4-5-20-31-30;1-2-6-10(7-3-1)11-8-4-5-9-12-11;/h2*1-7,9-22H;1-6,8-9H;/q3*-1;+3. The molecule has 0 bridgehead atoms. The van der Waals surface area contributed by atoms with Gasteiger partial charge in [0.2, 0.25) is 0 Å². The van der Waals surface area contributed by atoms with Crippen molar-refractivity contribution in [3.8, 4) is 56.0 Å². The molecule has 0 fully saturated rings. The van der Waals surface area contributed by atoms with E-state index in [-0.39, 0.29) is 20.1 Å². The van der Waals surface area contributed by atoms with Gasteiger partial charge in [-0.15, -0.1) is 107 Å². The van der Waals surface area contributed by atoms with E-state index in [2.05, 4.69) is 140 Å². The molecule has 3 heterocycles. The summed E-state index contributed by atoms with van der Waals surface area (Å²) in [5.41, 5.74) is 17.7. The van der Waals surface area contributed by atoms with Crippen molar-refractivity contribution >= 4 is 46.7 Å². The first kappa shape index (κ1) is 53.8. The van der Waals surface area contributed by atoms with Gasteiger partial charge in [0.15, 0.2) is 0 Å². The summed E-state index contributed by atoms with van der Waals surface area (Å²) in [6.45, 7) is 0. The molecular weight excluding hydrogens is 1150 g/mol. The summed E-state index contributed by atoms with van der Waals surface area (Å²) in [6.07, 6.45) is 7.11. The van der Waals surface area contributed by atoms with E-state index in [1.807, 2.05) is 176 Å². The smallest absolute Gasteiger partial charge is 0.311 e. The minimum absolute atomic E-state index is 0. The van der Waals surface area contributed by atoms with Crippen molar-refractivity contribution in [2.45, 2.75) is 0 Å². The Kier molecular flexibility index (Phi) is 18.5. The van der Waals surface area contributed by atoms with Gasteiger partial charge in [-0.25, -0.2) is 0 Å². The van der Waals surface area contributed by atoms with Gasteiger partial charge < -0.3 is 24.8 Å². The summed E-state index contributed by atoms with van der Waals surface area (Å²) in [4.78, 5) is 39.6. The fourth-order valence-electron chi connectivity index (χ4n) is 8.77. The number of anilines is 6. The topological polar surface area (TPSA) is 79.3 Å². The maximum atomic E-state index is 11.1. The van der Waals surface area contributed by atoms with Gasteiger partial charge in [-0.2, -0.15) is 0 Å². The van der Waals surface area contributed by atoms with Crippen molar-refractivity contribution in [2.75, 3.05) is 9.80 Å². The normalized spacial score (nSPS) is 10.3. The molecular formula is C71H50IrN5O2. The number of pyridine rings is 3. The van der Waals surface area contributed by atoms with Crippen molar-refractivity contribution < 1.29 is 29.7 Å². The molecule has 79 heavy (non-hydrogen) atoms. The number of benzene rings is 9. The fourth-order valence-corrected chi connectivity index (χ4v) is 8.77. The van der Waals surface area contributed by atoms with Crippen LogP contribution in [0.5, 0.6) is 0 Å². The van der Waals surface area contributed by atoms with Crippen LogP contribution in [0, 0.1) is 18.2 Å². The fraction of sp³-hybridized carbons (Fsp3) is 0. The van der Waals surface area contributed by atoms with Gasteiger partial charge in [0, 0.05) is 63.8 Å². The van der Waals surface area contributed by atoms with Gasteiger partial charge in [0.1, 0.15) is 12.6 Å². The number of para-hydroxylation sites is 2. The zero-order chi connectivity index (χ0) is 53.1. The molecule has 7 nitrogen and oxygen atoms in total. The predicted molar refractivity (Wildman–Crippen MR) is 317 cm³/mol. The quantitative estimate of drug-likeness (QED) is 0.0840. The molecule has 0 N–H and O–H groups in total. The second kappa shape index (κ2) is 27.2. The zero-order valence-electron chi connectivity index (χ0n) is 42.8. The molecule has 9 aromatic carbocycles. The summed E-state index contributed by atoms with van der Waals surface area (Å²) < 4.78 is 0. The Morgan fingerprint density at radius 1 is 0.291 bits per heavy atom. The molecule has 0 amide bonds. The average Bonchev–Trinajstić information content (AvgIpc) is 3.54. The molecule has 0 aliphatic rings. The van der Waals surface area contributed by atoms with Crippen molar-refractivity contribution in [3.05, 3.63) is 321 Å². The van der Waals surface area contributed by atoms with E-state index in [0.717, 1.165) is 103 Å². The number of carbonyl (C=O) groups is 2. The molecule has 12 aromatic rings. The van der Waals surface area contributed by atoms with Crippen molar-refractivity contribution in [1.29, 1.82) is 0 Å². The molecule has 3 aromatic heterocycles. The van der Waals surface area contributed by atoms with E-state index in [4.69, 9.17) is 0 Å². The maximum Gasteiger partial charge on any atom is 3.00 e. The van der Waals surface area contributed by atoms with E-state index in [9.17, 15) is 9.59 Å². The van der Waals surface area contributed by atoms with Crippen molar-refractivity contribution in [2.24, 2.45) is 0 Å². The molecule has 12 rings (SSSR count). The second-order valence-electron chi connectivity index (χ2n) is 17.8. The van der Waals surface area contributed by atoms with Gasteiger partial charge in [-0.1, -0.05) is 97.1 Å². The van der Waals surface area contributed by atoms with Gasteiger partial charge in [0.25, 0.3) is 0 Å². The number of aldehydes is 2. The summed E-state index contributed by atoms with van der Waals surface area (Å²) >= 11 is 0. The monoisotopic (exact) mass is 1200 g/mol. The van der Waals surface area contributed by atoms with E-state index in [0.29, 0.717) is 11.1 Å². The van der Waals surface area contributed by atoms with Gasteiger partial charge >= 0.3 is 20.1 Å². The number of hydrogen-bond acceptors (Lipinski definition) is 7. The van der Waals surface area contributed by atoms with Crippen LogP contribution in [-0.4, -0.2) is 27.5 Å². The second-order valence-corrected chi connectivity index (χ2v) is 17.8. The SMILES string of the molecule is O=Cc1ccc(N(c2ccccc2)c2ccc(-c3cc[c-]c(-c4ccccn4)c3)cc2)cc1.O=Cc1ccc(N(c2ccccc2)c2ccc(-c3cc[c-]c(-c4ccccn4)c3)cc2)cc1.[Ir+3].[c-]1ccccc1-c1ccccn1. The third-order valence-corrected chi connectivity index (χ3v) is 12.7. The molecule has 0 spiro atoms. The maximum absolute atomic E-state index is 11.1. The van der Waals surface area contributed by atoms with Crippen LogP contribution in [0.4, 0.5) is 34.1 Å². The third kappa shape index (κ3) is 13.9. The molecule has 0 radical (unpaired) electrons. The third-order valence-electron chi connectivity index (χ3n) is 12.7. The summed E-state index contributed by atoms with van der Waals surface area (Å²) in [7, 11) is 0. The Hall–Kier alpha value is -9.98. The van der Waals surface area contributed by atoms with Gasteiger partial charge in [0.05, 0.1) is 0 Å². The van der Waals surface area contributed by atoms with Crippen molar-refractivity contribution in [1.82, 2.24) is 15.0 Å². The van der Waals surface area contributed by atoms with E-state index < -0.39 is 0 Å². The van der Waals surface area contributed by atoms with Gasteiger partial charge in [-0.3, -0.25) is 9.59 Å². The summed E-state index contributed by atoms with van der Waals surface area (Å²) in [5.74, 6) is 0. The van der Waals surface area contributed by atoms with Crippen LogP contribution >= 0.6 is 0 Å². The minimum atomic E-state index is 0. The molecule has 0 unspecified atom stereocenters. The molecule has 0 saturated carbocycles. The first-order valence-electron chi connectivity index (χ1n) is 25.4. The van der Waals surface area contributed by atoms with Crippen LogP contribution in [0.1, 0.15) is 20.7 Å². The Morgan fingerprint density at radius 2 is 0.620 bits per heavy atom. The number of rotatable bonds is 13. The van der Waals surface area contributed by atoms with Crippen LogP contribution in [0.25, 0.3) is 56.0 Å². The molecule has 0 saturated heterocycles. The Balaban J connectivity index is 0.000000157. The van der Waals surface area contributed by atoms with Crippen LogP contribution in [-0.2, 0) is 20.1 Å². The molecule has 8 heteroatoms. The molecule has 0 aliphatic carbocycles. The molecule has 0 aliphatic heterocycles. The number of carbonyl (C=O) groups excluding carboxylic acids is 2. The first-order chi connectivity index (χ1) is 38.6. The van der Waals surface area contributed by atoms with Crippen LogP contribution in [0.2, 0.25) is 0 Å². The summed E-state index contributed by atoms with van der Waals surface area (Å²) in [6, 6.07) is 100. The van der Waals surface area contributed by atoms with Gasteiger partial charge in [-0.05, 0) is 143 Å². The first-order valence-corrected chi connectivity index (χ1v) is 25.4. The van der Waals surface area contributed by atoms with Crippen LogP contribution < -0.4 is 9.80 Å². The molecule has 0 atom stereocenters. The Bertz CT molecular complexity index is 3530. The average molecular weight is 1200 g/mol. The van der Waals surface area contributed by atoms with Crippen LogP contribution in [0.15, 0.2) is 292 Å². The number of aromatic nitrogens is 3. The number of hydrogen-bond donors (Lipinski definition) is 0. The Labute approximate surface area is 475 Å².